The molecule has 2 aliphatic carbocycles. The first-order chi connectivity index (χ1) is 32.5. The lowest BCUT2D eigenvalue weighted by molar-refractivity contribution is 0.660. The molecule has 1 heterocycles. The monoisotopic (exact) mass is 859 g/mol. The summed E-state index contributed by atoms with van der Waals surface area (Å²) < 4.78 is 2.55. The fraction of sp³-hybridized carbons (Fsp3) is 0.0625. The third kappa shape index (κ3) is 5.71. The van der Waals surface area contributed by atoms with Crippen LogP contribution in [0.5, 0.6) is 0 Å². The minimum Gasteiger partial charge on any atom is -0.309 e. The van der Waals surface area contributed by atoms with Crippen molar-refractivity contribution in [3.63, 3.8) is 0 Å². The molecule has 0 atom stereocenters. The quantitative estimate of drug-likeness (QED) is 0.154. The molecule has 312 valence electrons. The highest BCUT2D eigenvalue weighted by atomic mass is 32.1. The van der Waals surface area contributed by atoms with Crippen molar-refractivity contribution in [2.75, 3.05) is 4.90 Å². The van der Waals surface area contributed by atoms with Crippen LogP contribution >= 0.6 is 11.3 Å². The van der Waals surface area contributed by atoms with Crippen molar-refractivity contribution in [2.24, 2.45) is 0 Å². The summed E-state index contributed by atoms with van der Waals surface area (Å²) in [6, 6.07) is 88.3. The zero-order valence-electron chi connectivity index (χ0n) is 36.9. The average molecular weight is 860 g/mol. The van der Waals surface area contributed by atoms with E-state index < -0.39 is 5.41 Å². The SMILES string of the molecule is CC1(C)c2ccccc2-c2ccc(N(c3ccc(-c4ccccc4)cc3)c3cc(-c4ccc5c(c4)C(c4ccccc4)(c4ccccc4)c4ccccc4-5)cc4c3sc3ccccc34)cc21. The summed E-state index contributed by atoms with van der Waals surface area (Å²) in [5.74, 6) is 0. The highest BCUT2D eigenvalue weighted by Crippen LogP contribution is 2.58. The average Bonchev–Trinajstić information content (AvgIpc) is 3.98. The number of hydrogen-bond acceptors (Lipinski definition) is 2. The van der Waals surface area contributed by atoms with E-state index in [2.05, 4.69) is 255 Å². The van der Waals surface area contributed by atoms with E-state index in [4.69, 9.17) is 0 Å². The Labute approximate surface area is 390 Å². The predicted molar refractivity (Wildman–Crippen MR) is 280 cm³/mol. The fourth-order valence-electron chi connectivity index (χ4n) is 11.5. The number of hydrogen-bond donors (Lipinski definition) is 0. The molecule has 1 nitrogen and oxygen atoms in total. The van der Waals surface area contributed by atoms with Gasteiger partial charge in [0.25, 0.3) is 0 Å². The van der Waals surface area contributed by atoms with Crippen molar-refractivity contribution in [1.29, 1.82) is 0 Å². The fourth-order valence-corrected chi connectivity index (χ4v) is 12.6. The van der Waals surface area contributed by atoms with Crippen molar-refractivity contribution in [1.82, 2.24) is 0 Å². The molecule has 66 heavy (non-hydrogen) atoms. The van der Waals surface area contributed by atoms with Crippen molar-refractivity contribution < 1.29 is 0 Å². The van der Waals surface area contributed by atoms with E-state index in [1.807, 2.05) is 11.3 Å². The van der Waals surface area contributed by atoms with Crippen LogP contribution in [-0.2, 0) is 10.8 Å². The predicted octanol–water partition coefficient (Wildman–Crippen LogP) is 17.5. The molecule has 0 aliphatic heterocycles. The Hall–Kier alpha value is -7.78. The molecule has 2 heteroatoms. The molecule has 0 N–H and O–H groups in total. The van der Waals surface area contributed by atoms with Crippen molar-refractivity contribution >= 4 is 48.6 Å². The third-order valence-electron chi connectivity index (χ3n) is 14.5. The molecule has 0 unspecified atom stereocenters. The maximum atomic E-state index is 2.52. The first-order valence-electron chi connectivity index (χ1n) is 23.0. The summed E-state index contributed by atoms with van der Waals surface area (Å²) in [7, 11) is 0. The maximum absolute atomic E-state index is 2.52. The molecule has 0 amide bonds. The zero-order chi connectivity index (χ0) is 44.0. The van der Waals surface area contributed by atoms with Gasteiger partial charge in [0, 0.05) is 32.3 Å². The molecular weight excluding hydrogens is 815 g/mol. The summed E-state index contributed by atoms with van der Waals surface area (Å²) >= 11 is 1.89. The Morgan fingerprint density at radius 2 is 0.879 bits per heavy atom. The molecule has 0 bridgehead atoms. The van der Waals surface area contributed by atoms with Gasteiger partial charge in [0.2, 0.25) is 0 Å². The molecule has 1 aromatic heterocycles. The van der Waals surface area contributed by atoms with Gasteiger partial charge in [-0.3, -0.25) is 0 Å². The van der Waals surface area contributed by atoms with Crippen LogP contribution in [-0.4, -0.2) is 0 Å². The van der Waals surface area contributed by atoms with Gasteiger partial charge in [0.1, 0.15) is 0 Å². The van der Waals surface area contributed by atoms with Gasteiger partial charge in [0.05, 0.1) is 15.8 Å². The number of nitrogens with zero attached hydrogens (tertiary/aromatic N) is 1. The van der Waals surface area contributed by atoms with Crippen LogP contribution in [0.2, 0.25) is 0 Å². The number of anilines is 3. The van der Waals surface area contributed by atoms with Gasteiger partial charge in [-0.15, -0.1) is 11.3 Å². The molecule has 11 aromatic rings. The van der Waals surface area contributed by atoms with Gasteiger partial charge in [0.15, 0.2) is 0 Å². The summed E-state index contributed by atoms with van der Waals surface area (Å²) in [6.07, 6.45) is 0. The Kier molecular flexibility index (Phi) is 8.72. The lowest BCUT2D eigenvalue weighted by Crippen LogP contribution is -2.28. The van der Waals surface area contributed by atoms with E-state index in [0.717, 1.165) is 11.4 Å². The third-order valence-corrected chi connectivity index (χ3v) is 15.8. The van der Waals surface area contributed by atoms with Gasteiger partial charge < -0.3 is 4.90 Å². The molecule has 13 rings (SSSR count). The van der Waals surface area contributed by atoms with Gasteiger partial charge in [-0.05, 0) is 126 Å². The summed E-state index contributed by atoms with van der Waals surface area (Å²) in [6.45, 7) is 4.75. The Bertz CT molecular complexity index is 3620. The maximum Gasteiger partial charge on any atom is 0.0713 e. The summed E-state index contributed by atoms with van der Waals surface area (Å²) in [5.41, 5.74) is 20.7. The van der Waals surface area contributed by atoms with Crippen LogP contribution in [0.4, 0.5) is 17.1 Å². The van der Waals surface area contributed by atoms with Crippen LogP contribution in [0.1, 0.15) is 47.2 Å². The Morgan fingerprint density at radius 1 is 0.348 bits per heavy atom. The topological polar surface area (TPSA) is 3.24 Å². The second-order valence-electron chi connectivity index (χ2n) is 18.4. The lowest BCUT2D eigenvalue weighted by Gasteiger charge is -2.34. The highest BCUT2D eigenvalue weighted by Gasteiger charge is 2.46. The molecule has 0 saturated carbocycles. The van der Waals surface area contributed by atoms with E-state index in [1.165, 1.54) is 104 Å². The minimum atomic E-state index is -0.492. The van der Waals surface area contributed by atoms with Gasteiger partial charge >= 0.3 is 0 Å². The second kappa shape index (κ2) is 14.9. The van der Waals surface area contributed by atoms with E-state index in [-0.39, 0.29) is 5.41 Å². The van der Waals surface area contributed by atoms with Crippen molar-refractivity contribution in [2.45, 2.75) is 24.7 Å². The van der Waals surface area contributed by atoms with Crippen LogP contribution in [0.3, 0.4) is 0 Å². The van der Waals surface area contributed by atoms with Crippen molar-refractivity contribution in [3.05, 3.63) is 270 Å². The van der Waals surface area contributed by atoms with Crippen molar-refractivity contribution in [3.8, 4) is 44.5 Å². The summed E-state index contributed by atoms with van der Waals surface area (Å²) in [5, 5.41) is 2.55. The number of benzene rings is 10. The normalized spacial score (nSPS) is 13.8. The zero-order valence-corrected chi connectivity index (χ0v) is 37.7. The minimum absolute atomic E-state index is 0.147. The lowest BCUT2D eigenvalue weighted by atomic mass is 9.67. The van der Waals surface area contributed by atoms with Gasteiger partial charge in [-0.1, -0.05) is 202 Å². The first-order valence-corrected chi connectivity index (χ1v) is 23.8. The van der Waals surface area contributed by atoms with E-state index in [9.17, 15) is 0 Å². The summed E-state index contributed by atoms with van der Waals surface area (Å²) in [4.78, 5) is 2.52. The van der Waals surface area contributed by atoms with Crippen LogP contribution in [0.25, 0.3) is 64.7 Å². The Balaban J connectivity index is 1.07. The molecule has 10 aromatic carbocycles. The Morgan fingerprint density at radius 3 is 1.61 bits per heavy atom. The van der Waals surface area contributed by atoms with Crippen LogP contribution in [0.15, 0.2) is 237 Å². The number of fused-ring (bicyclic) bond motifs is 9. The molecule has 0 fully saturated rings. The van der Waals surface area contributed by atoms with E-state index in [0.29, 0.717) is 0 Å². The molecule has 2 aliphatic rings. The van der Waals surface area contributed by atoms with Crippen LogP contribution < -0.4 is 4.90 Å². The largest absolute Gasteiger partial charge is 0.309 e. The van der Waals surface area contributed by atoms with Gasteiger partial charge in [-0.2, -0.15) is 0 Å². The highest BCUT2D eigenvalue weighted by molar-refractivity contribution is 7.26. The molecular formula is C64H45NS. The van der Waals surface area contributed by atoms with Crippen LogP contribution in [0, 0.1) is 0 Å². The number of rotatable bonds is 7. The number of thiophene rings is 1. The second-order valence-corrected chi connectivity index (χ2v) is 19.5. The smallest absolute Gasteiger partial charge is 0.0713 e. The standard InChI is InChI=1S/C64H45NS/c1-63(2)56-27-15-12-24-50(56)52-37-35-49(41-58(52)63)65(48-33-30-43(31-34-48)42-18-6-3-7-19-42)60-40-45(38-55-54-26-14-17-29-61(54)66-62(55)60)44-32-36-53-51-25-13-16-28-57(51)64(59(53)39-44,46-20-8-4-9-21-46)47-22-10-5-11-23-47/h3-41H,1-2H3. The molecule has 0 saturated heterocycles. The van der Waals surface area contributed by atoms with Gasteiger partial charge in [-0.25, -0.2) is 0 Å². The molecule has 0 radical (unpaired) electrons. The molecule has 0 spiro atoms. The van der Waals surface area contributed by atoms with E-state index in [1.54, 1.807) is 0 Å². The van der Waals surface area contributed by atoms with E-state index >= 15 is 0 Å². The first kappa shape index (κ1) is 38.7.